The minimum atomic E-state index is -0.252. The van der Waals surface area contributed by atoms with Crippen LogP contribution in [-0.2, 0) is 0 Å². The largest absolute Gasteiger partial charge is 0.468 e. The SMILES string of the molecule is O=C(NC[C@H](c1ccco1)N1CCCC1)c1cc(-c2ccc(Br)cc2)on1. The molecule has 0 spiro atoms. The Bertz CT molecular complexity index is 884. The maximum absolute atomic E-state index is 12.5. The average molecular weight is 430 g/mol. The highest BCUT2D eigenvalue weighted by atomic mass is 79.9. The predicted octanol–water partition coefficient (Wildman–Crippen LogP) is 4.26. The molecule has 1 atom stereocenters. The molecule has 1 N–H and O–H groups in total. The summed E-state index contributed by atoms with van der Waals surface area (Å²) in [6, 6.07) is 13.2. The van der Waals surface area contributed by atoms with Gasteiger partial charge in [0.2, 0.25) is 0 Å². The number of hydrogen-bond acceptors (Lipinski definition) is 5. The van der Waals surface area contributed by atoms with E-state index in [1.54, 1.807) is 12.3 Å². The Balaban J connectivity index is 1.43. The van der Waals surface area contributed by atoms with Crippen molar-refractivity contribution in [2.24, 2.45) is 0 Å². The number of likely N-dealkylation sites (tertiary alicyclic amines) is 1. The van der Waals surface area contributed by atoms with E-state index >= 15 is 0 Å². The minimum absolute atomic E-state index is 0.0318. The summed E-state index contributed by atoms with van der Waals surface area (Å²) in [5, 5.41) is 6.88. The summed E-state index contributed by atoms with van der Waals surface area (Å²) in [4.78, 5) is 14.9. The number of rotatable bonds is 6. The Morgan fingerprint density at radius 3 is 2.70 bits per heavy atom. The summed E-state index contributed by atoms with van der Waals surface area (Å²) in [6.07, 6.45) is 4.01. The smallest absolute Gasteiger partial charge is 0.273 e. The van der Waals surface area contributed by atoms with E-state index in [2.05, 4.69) is 31.3 Å². The van der Waals surface area contributed by atoms with Crippen LogP contribution in [0.15, 0.2) is 62.1 Å². The molecule has 1 aromatic carbocycles. The molecule has 3 aromatic rings. The summed E-state index contributed by atoms with van der Waals surface area (Å²) < 4.78 is 11.9. The van der Waals surface area contributed by atoms with Crippen molar-refractivity contribution in [3.8, 4) is 11.3 Å². The average Bonchev–Trinajstić information content (AvgIpc) is 3.44. The van der Waals surface area contributed by atoms with Crippen LogP contribution in [0.2, 0.25) is 0 Å². The molecule has 2 aromatic heterocycles. The molecule has 7 heteroatoms. The third-order valence-corrected chi connectivity index (χ3v) is 5.31. The van der Waals surface area contributed by atoms with Gasteiger partial charge in [0.1, 0.15) is 5.76 Å². The first-order valence-electron chi connectivity index (χ1n) is 8.99. The lowest BCUT2D eigenvalue weighted by molar-refractivity contribution is 0.0925. The monoisotopic (exact) mass is 429 g/mol. The molecule has 1 amide bonds. The van der Waals surface area contributed by atoms with Crippen LogP contribution in [0, 0.1) is 0 Å². The first-order valence-corrected chi connectivity index (χ1v) is 9.78. The second kappa shape index (κ2) is 8.10. The molecular weight excluding hydrogens is 410 g/mol. The van der Waals surface area contributed by atoms with E-state index in [4.69, 9.17) is 8.94 Å². The molecule has 6 nitrogen and oxygen atoms in total. The van der Waals surface area contributed by atoms with Gasteiger partial charge in [-0.05, 0) is 50.2 Å². The van der Waals surface area contributed by atoms with E-state index in [1.807, 2.05) is 36.4 Å². The molecule has 27 heavy (non-hydrogen) atoms. The van der Waals surface area contributed by atoms with Gasteiger partial charge in [-0.2, -0.15) is 0 Å². The summed E-state index contributed by atoms with van der Waals surface area (Å²) in [6.45, 7) is 2.49. The number of nitrogens with zero attached hydrogens (tertiary/aromatic N) is 2. The topological polar surface area (TPSA) is 71.5 Å². The van der Waals surface area contributed by atoms with Crippen molar-refractivity contribution in [3.05, 3.63) is 64.7 Å². The molecule has 140 valence electrons. The van der Waals surface area contributed by atoms with Crippen molar-refractivity contribution in [1.82, 2.24) is 15.4 Å². The van der Waals surface area contributed by atoms with Gasteiger partial charge < -0.3 is 14.3 Å². The molecule has 0 saturated carbocycles. The van der Waals surface area contributed by atoms with Crippen molar-refractivity contribution in [2.45, 2.75) is 18.9 Å². The van der Waals surface area contributed by atoms with Gasteiger partial charge in [0, 0.05) is 22.6 Å². The third kappa shape index (κ3) is 4.14. The van der Waals surface area contributed by atoms with E-state index in [1.165, 1.54) is 12.8 Å². The fraction of sp³-hybridized carbons (Fsp3) is 0.300. The van der Waals surface area contributed by atoms with Crippen molar-refractivity contribution in [1.29, 1.82) is 0 Å². The molecule has 1 saturated heterocycles. The van der Waals surface area contributed by atoms with E-state index in [9.17, 15) is 4.79 Å². The van der Waals surface area contributed by atoms with Crippen molar-refractivity contribution in [2.75, 3.05) is 19.6 Å². The molecule has 0 aliphatic carbocycles. The first-order chi connectivity index (χ1) is 13.2. The highest BCUT2D eigenvalue weighted by Crippen LogP contribution is 2.25. The Hall–Kier alpha value is -2.38. The molecule has 4 rings (SSSR count). The van der Waals surface area contributed by atoms with Crippen LogP contribution in [0.4, 0.5) is 0 Å². The molecule has 1 fully saturated rings. The van der Waals surface area contributed by atoms with Crippen LogP contribution in [0.3, 0.4) is 0 Å². The highest BCUT2D eigenvalue weighted by Gasteiger charge is 2.26. The van der Waals surface area contributed by atoms with Crippen molar-refractivity contribution in [3.63, 3.8) is 0 Å². The lowest BCUT2D eigenvalue weighted by Crippen LogP contribution is -2.36. The lowest BCUT2D eigenvalue weighted by atomic mass is 10.1. The predicted molar refractivity (Wildman–Crippen MR) is 104 cm³/mol. The van der Waals surface area contributed by atoms with Gasteiger partial charge >= 0.3 is 0 Å². The van der Waals surface area contributed by atoms with E-state index < -0.39 is 0 Å². The molecule has 0 unspecified atom stereocenters. The molecule has 1 aliphatic rings. The Morgan fingerprint density at radius 1 is 1.22 bits per heavy atom. The fourth-order valence-corrected chi connectivity index (χ4v) is 3.62. The summed E-state index contributed by atoms with van der Waals surface area (Å²) in [5.41, 5.74) is 1.14. The zero-order chi connectivity index (χ0) is 18.6. The number of amides is 1. The molecule has 1 aliphatic heterocycles. The third-order valence-electron chi connectivity index (χ3n) is 4.78. The van der Waals surface area contributed by atoms with Crippen LogP contribution in [0.25, 0.3) is 11.3 Å². The van der Waals surface area contributed by atoms with E-state index in [0.717, 1.165) is 28.9 Å². The quantitative estimate of drug-likeness (QED) is 0.633. The summed E-state index contributed by atoms with van der Waals surface area (Å²) in [7, 11) is 0. The van der Waals surface area contributed by atoms with E-state index in [-0.39, 0.29) is 17.6 Å². The zero-order valence-electron chi connectivity index (χ0n) is 14.7. The fourth-order valence-electron chi connectivity index (χ4n) is 3.36. The van der Waals surface area contributed by atoms with Crippen LogP contribution in [-0.4, -0.2) is 35.6 Å². The molecule has 0 radical (unpaired) electrons. The number of halogens is 1. The first kappa shape index (κ1) is 18.0. The number of aromatic nitrogens is 1. The van der Waals surface area contributed by atoms with Crippen molar-refractivity contribution < 1.29 is 13.7 Å². The number of hydrogen-bond donors (Lipinski definition) is 1. The van der Waals surface area contributed by atoms with Crippen LogP contribution < -0.4 is 5.32 Å². The molecule has 0 bridgehead atoms. The minimum Gasteiger partial charge on any atom is -0.468 e. The Kier molecular flexibility index (Phi) is 5.40. The zero-order valence-corrected chi connectivity index (χ0v) is 16.3. The van der Waals surface area contributed by atoms with Gasteiger partial charge in [0.15, 0.2) is 11.5 Å². The van der Waals surface area contributed by atoms with Crippen LogP contribution >= 0.6 is 15.9 Å². The van der Waals surface area contributed by atoms with Gasteiger partial charge in [-0.3, -0.25) is 9.69 Å². The highest BCUT2D eigenvalue weighted by molar-refractivity contribution is 9.10. The van der Waals surface area contributed by atoms with Gasteiger partial charge in [-0.25, -0.2) is 0 Å². The summed E-state index contributed by atoms with van der Waals surface area (Å²) >= 11 is 3.40. The molecular formula is C20H20BrN3O3. The summed E-state index contributed by atoms with van der Waals surface area (Å²) in [5.74, 6) is 1.18. The van der Waals surface area contributed by atoms with Crippen molar-refractivity contribution >= 4 is 21.8 Å². The Morgan fingerprint density at radius 2 is 2.00 bits per heavy atom. The second-order valence-electron chi connectivity index (χ2n) is 6.57. The standard InChI is InChI=1S/C20H20BrN3O3/c21-15-7-5-14(6-8-15)19-12-16(23-27-19)20(25)22-13-17(18-4-3-11-26-18)24-9-1-2-10-24/h3-8,11-12,17H,1-2,9-10,13H2,(H,22,25)/t17-/m1/s1. The van der Waals surface area contributed by atoms with Gasteiger partial charge in [0.05, 0.1) is 12.3 Å². The maximum Gasteiger partial charge on any atom is 0.273 e. The number of benzene rings is 1. The number of carbonyl (C=O) groups excluding carboxylic acids is 1. The maximum atomic E-state index is 12.5. The number of furan rings is 1. The second-order valence-corrected chi connectivity index (χ2v) is 7.48. The molecule has 3 heterocycles. The normalized spacial score (nSPS) is 15.7. The van der Waals surface area contributed by atoms with E-state index in [0.29, 0.717) is 12.3 Å². The lowest BCUT2D eigenvalue weighted by Gasteiger charge is -2.25. The van der Waals surface area contributed by atoms with Gasteiger partial charge in [0.25, 0.3) is 5.91 Å². The van der Waals surface area contributed by atoms with Gasteiger partial charge in [-0.1, -0.05) is 33.2 Å². The number of nitrogens with one attached hydrogen (secondary N) is 1. The number of carbonyl (C=O) groups is 1. The van der Waals surface area contributed by atoms with Crippen LogP contribution in [0.5, 0.6) is 0 Å². The Labute approximate surface area is 165 Å². The van der Waals surface area contributed by atoms with Gasteiger partial charge in [-0.15, -0.1) is 0 Å². The van der Waals surface area contributed by atoms with Crippen LogP contribution in [0.1, 0.15) is 35.1 Å².